The highest BCUT2D eigenvalue weighted by Crippen LogP contribution is 2.42. The molecule has 56 heavy (non-hydrogen) atoms. The molecule has 0 spiro atoms. The summed E-state index contributed by atoms with van der Waals surface area (Å²) < 4.78 is 9.27. The summed E-state index contributed by atoms with van der Waals surface area (Å²) in [5.41, 5.74) is 7.61. The quantitative estimate of drug-likeness (QED) is 0.182. The summed E-state index contributed by atoms with van der Waals surface area (Å²) >= 11 is 0. The highest BCUT2D eigenvalue weighted by atomic mass is 16.3. The normalized spacial score (nSPS) is 11.6. The molecule has 0 aliphatic heterocycles. The minimum Gasteiger partial charge on any atom is -0.456 e. The van der Waals surface area contributed by atoms with Crippen LogP contribution in [0.3, 0.4) is 0 Å². The summed E-state index contributed by atoms with van der Waals surface area (Å²) in [7, 11) is 0. The van der Waals surface area contributed by atoms with Gasteiger partial charge >= 0.3 is 0 Å². The van der Waals surface area contributed by atoms with Crippen LogP contribution >= 0.6 is 0 Å². The van der Waals surface area contributed by atoms with E-state index in [0.717, 1.165) is 87.5 Å². The molecule has 262 valence electrons. The molecule has 0 bridgehead atoms. The Labute approximate surface area is 322 Å². The van der Waals surface area contributed by atoms with Gasteiger partial charge in [0.05, 0.1) is 11.0 Å². The SMILES string of the molecule is c1ccc(-c2ccc3oc4ccccc4c4ccccc4c4ccc5c6ccccc6n(-c6nc(-c7ccccc7)nc(-c7ccccc7)n6)c5c4c3c2)cc1. The lowest BCUT2D eigenvalue weighted by Crippen LogP contribution is -2.06. The first-order valence-corrected chi connectivity index (χ1v) is 18.8. The van der Waals surface area contributed by atoms with E-state index in [9.17, 15) is 0 Å². The molecule has 0 radical (unpaired) electrons. The van der Waals surface area contributed by atoms with Crippen molar-refractivity contribution in [1.29, 1.82) is 0 Å². The predicted molar refractivity (Wildman–Crippen MR) is 230 cm³/mol. The van der Waals surface area contributed by atoms with Gasteiger partial charge in [0.25, 0.3) is 0 Å². The fourth-order valence-electron chi connectivity index (χ4n) is 8.13. The molecular weight excluding hydrogens is 685 g/mol. The van der Waals surface area contributed by atoms with Crippen LogP contribution in [-0.4, -0.2) is 19.5 Å². The van der Waals surface area contributed by atoms with Gasteiger partial charge in [-0.15, -0.1) is 0 Å². The molecule has 3 aromatic heterocycles. The number of rotatable bonds is 4. The van der Waals surface area contributed by atoms with E-state index in [0.29, 0.717) is 17.6 Å². The van der Waals surface area contributed by atoms with E-state index in [1.54, 1.807) is 0 Å². The summed E-state index contributed by atoms with van der Waals surface area (Å²) in [6, 6.07) is 67.4. The molecule has 0 atom stereocenters. The summed E-state index contributed by atoms with van der Waals surface area (Å²) in [5.74, 6) is 1.74. The van der Waals surface area contributed by atoms with Crippen molar-refractivity contribution in [2.45, 2.75) is 0 Å². The van der Waals surface area contributed by atoms with Gasteiger partial charge in [0.15, 0.2) is 11.6 Å². The third-order valence-electron chi connectivity index (χ3n) is 10.7. The first-order chi connectivity index (χ1) is 27.8. The molecule has 0 aliphatic rings. The Morgan fingerprint density at radius 1 is 0.339 bits per heavy atom. The van der Waals surface area contributed by atoms with Gasteiger partial charge in [0.1, 0.15) is 11.2 Å². The van der Waals surface area contributed by atoms with Crippen molar-refractivity contribution < 1.29 is 4.42 Å². The Kier molecular flexibility index (Phi) is 7.42. The van der Waals surface area contributed by atoms with Crippen LogP contribution in [0.2, 0.25) is 0 Å². The molecular formula is C51H32N4O. The average molecular weight is 717 g/mol. The molecule has 8 aromatic carbocycles. The monoisotopic (exact) mass is 716 g/mol. The van der Waals surface area contributed by atoms with Crippen LogP contribution < -0.4 is 0 Å². The fraction of sp³-hybridized carbons (Fsp3) is 0. The van der Waals surface area contributed by atoms with Crippen molar-refractivity contribution in [2.24, 2.45) is 0 Å². The topological polar surface area (TPSA) is 56.7 Å². The maximum atomic E-state index is 7.04. The molecule has 11 aromatic rings. The molecule has 0 aliphatic carbocycles. The van der Waals surface area contributed by atoms with E-state index < -0.39 is 0 Å². The number of hydrogen-bond donors (Lipinski definition) is 0. The Morgan fingerprint density at radius 2 is 0.857 bits per heavy atom. The number of fused-ring (bicyclic) bond motifs is 11. The Balaban J connectivity index is 1.40. The summed E-state index contributed by atoms with van der Waals surface area (Å²) in [6.45, 7) is 0. The number of aromatic nitrogens is 4. The Bertz CT molecular complexity index is 3290. The van der Waals surface area contributed by atoms with Crippen molar-refractivity contribution in [3.8, 4) is 39.9 Å². The smallest absolute Gasteiger partial charge is 0.238 e. The summed E-state index contributed by atoms with van der Waals surface area (Å²) in [4.78, 5) is 15.6. The van der Waals surface area contributed by atoms with Crippen molar-refractivity contribution in [1.82, 2.24) is 19.5 Å². The minimum absolute atomic E-state index is 0.537. The highest BCUT2D eigenvalue weighted by Gasteiger charge is 2.21. The van der Waals surface area contributed by atoms with Gasteiger partial charge in [0, 0.05) is 38.1 Å². The fourth-order valence-corrected chi connectivity index (χ4v) is 8.13. The lowest BCUT2D eigenvalue weighted by Gasteiger charge is -2.13. The highest BCUT2D eigenvalue weighted by molar-refractivity contribution is 6.29. The maximum Gasteiger partial charge on any atom is 0.238 e. The van der Waals surface area contributed by atoms with E-state index in [2.05, 4.69) is 132 Å². The molecule has 3 heterocycles. The second-order valence-corrected chi connectivity index (χ2v) is 14.0. The first kappa shape index (κ1) is 31.9. The number of para-hydroxylation sites is 2. The van der Waals surface area contributed by atoms with E-state index >= 15 is 0 Å². The van der Waals surface area contributed by atoms with Gasteiger partial charge in [-0.2, -0.15) is 9.97 Å². The zero-order valence-corrected chi connectivity index (χ0v) is 30.2. The lowest BCUT2D eigenvalue weighted by atomic mass is 9.97. The minimum atomic E-state index is 0.537. The molecule has 0 amide bonds. The number of hydrogen-bond acceptors (Lipinski definition) is 4. The molecule has 5 heteroatoms. The molecule has 0 saturated heterocycles. The zero-order valence-electron chi connectivity index (χ0n) is 30.2. The Morgan fingerprint density at radius 3 is 1.54 bits per heavy atom. The standard InChI is InChI=1S/C51H32N4O/c1-4-16-33(17-5-1)36-28-31-46-43(32-36)47-41(38-23-11-10-22-37(38)40-25-13-15-27-45(40)56-46)29-30-42-39-24-12-14-26-44(39)55(48(42)47)51-53-49(34-18-6-2-7-19-34)52-50(54-51)35-20-8-3-9-21-35/h1-32H. The second kappa shape index (κ2) is 13.0. The van der Waals surface area contributed by atoms with E-state index in [-0.39, 0.29) is 0 Å². The summed E-state index contributed by atoms with van der Waals surface area (Å²) in [6.07, 6.45) is 0. The predicted octanol–water partition coefficient (Wildman–Crippen LogP) is 13.3. The van der Waals surface area contributed by atoms with Crippen molar-refractivity contribution in [3.63, 3.8) is 0 Å². The molecule has 0 N–H and O–H groups in total. The van der Waals surface area contributed by atoms with Crippen molar-refractivity contribution in [3.05, 3.63) is 194 Å². The number of benzene rings is 8. The molecule has 0 unspecified atom stereocenters. The van der Waals surface area contributed by atoms with E-state index in [4.69, 9.17) is 19.4 Å². The van der Waals surface area contributed by atoms with Gasteiger partial charge in [-0.3, -0.25) is 4.57 Å². The second-order valence-electron chi connectivity index (χ2n) is 14.0. The van der Waals surface area contributed by atoms with Crippen molar-refractivity contribution >= 4 is 65.3 Å². The average Bonchev–Trinajstić information content (AvgIpc) is 3.63. The third-order valence-corrected chi connectivity index (χ3v) is 10.7. The third kappa shape index (κ3) is 5.21. The number of nitrogens with zero attached hydrogens (tertiary/aromatic N) is 4. The lowest BCUT2D eigenvalue weighted by molar-refractivity contribution is 0.663. The van der Waals surface area contributed by atoms with Crippen LogP contribution in [0.5, 0.6) is 0 Å². The van der Waals surface area contributed by atoms with Gasteiger partial charge in [-0.05, 0) is 51.6 Å². The van der Waals surface area contributed by atoms with E-state index in [1.165, 1.54) is 0 Å². The Hall–Kier alpha value is -7.63. The van der Waals surface area contributed by atoms with Gasteiger partial charge in [0.2, 0.25) is 5.95 Å². The van der Waals surface area contributed by atoms with Crippen molar-refractivity contribution in [2.75, 3.05) is 0 Å². The first-order valence-electron chi connectivity index (χ1n) is 18.8. The van der Waals surface area contributed by atoms with Crippen LogP contribution in [0.15, 0.2) is 199 Å². The molecule has 11 rings (SSSR count). The van der Waals surface area contributed by atoms with E-state index in [1.807, 2.05) is 66.7 Å². The van der Waals surface area contributed by atoms with Crippen LogP contribution in [0.1, 0.15) is 0 Å². The maximum absolute atomic E-state index is 7.04. The van der Waals surface area contributed by atoms with Crippen LogP contribution in [0.4, 0.5) is 0 Å². The molecule has 0 fully saturated rings. The zero-order chi connectivity index (χ0) is 37.0. The van der Waals surface area contributed by atoms with Crippen LogP contribution in [0, 0.1) is 0 Å². The van der Waals surface area contributed by atoms with Gasteiger partial charge < -0.3 is 4.42 Å². The van der Waals surface area contributed by atoms with Crippen LogP contribution in [0.25, 0.3) is 105 Å². The molecule has 5 nitrogen and oxygen atoms in total. The largest absolute Gasteiger partial charge is 0.456 e. The van der Waals surface area contributed by atoms with Gasteiger partial charge in [-0.1, -0.05) is 170 Å². The van der Waals surface area contributed by atoms with Crippen LogP contribution in [-0.2, 0) is 0 Å². The summed E-state index contributed by atoms with van der Waals surface area (Å²) in [5, 5.41) is 8.54. The molecule has 0 saturated carbocycles. The van der Waals surface area contributed by atoms with Gasteiger partial charge in [-0.25, -0.2) is 4.98 Å².